The highest BCUT2D eigenvalue weighted by Crippen LogP contribution is 2.25. The molecule has 0 amide bonds. The fourth-order valence-electron chi connectivity index (χ4n) is 2.20. The van der Waals surface area contributed by atoms with Crippen LogP contribution in [0.15, 0.2) is 0 Å². The second-order valence-electron chi connectivity index (χ2n) is 4.47. The van der Waals surface area contributed by atoms with Crippen LogP contribution in [0.25, 0.3) is 0 Å². The van der Waals surface area contributed by atoms with Gasteiger partial charge in [0.25, 0.3) is 0 Å². The Morgan fingerprint density at radius 1 is 1.44 bits per heavy atom. The minimum atomic E-state index is 0.555. The lowest BCUT2D eigenvalue weighted by Crippen LogP contribution is -2.15. The molecule has 1 fully saturated rings. The van der Waals surface area contributed by atoms with Crippen molar-refractivity contribution in [1.82, 2.24) is 9.97 Å². The van der Waals surface area contributed by atoms with Crippen molar-refractivity contribution in [2.75, 3.05) is 19.8 Å². The van der Waals surface area contributed by atoms with E-state index in [9.17, 15) is 0 Å². The summed E-state index contributed by atoms with van der Waals surface area (Å²) in [5.74, 6) is 1.70. The van der Waals surface area contributed by atoms with E-state index >= 15 is 0 Å². The molecule has 1 aliphatic heterocycles. The van der Waals surface area contributed by atoms with Crippen molar-refractivity contribution in [3.63, 3.8) is 0 Å². The van der Waals surface area contributed by atoms with Gasteiger partial charge in [-0.15, -0.1) is 0 Å². The predicted molar refractivity (Wildman–Crippen MR) is 63.5 cm³/mol. The molecule has 2 heterocycles. The number of imidazole rings is 1. The number of aromatic nitrogens is 2. The summed E-state index contributed by atoms with van der Waals surface area (Å²) in [4.78, 5) is 8.12. The van der Waals surface area contributed by atoms with Crippen LogP contribution in [0.1, 0.15) is 42.4 Å². The molecule has 4 heteroatoms. The topological polar surface area (TPSA) is 63.9 Å². The first-order valence-electron chi connectivity index (χ1n) is 6.14. The van der Waals surface area contributed by atoms with Gasteiger partial charge < -0.3 is 15.5 Å². The summed E-state index contributed by atoms with van der Waals surface area (Å²) >= 11 is 0. The Hall–Kier alpha value is -0.870. The van der Waals surface area contributed by atoms with Gasteiger partial charge in [-0.2, -0.15) is 0 Å². The van der Waals surface area contributed by atoms with Crippen molar-refractivity contribution in [2.24, 2.45) is 5.73 Å². The molecule has 1 saturated heterocycles. The maximum absolute atomic E-state index is 5.52. The zero-order valence-corrected chi connectivity index (χ0v) is 9.96. The summed E-state index contributed by atoms with van der Waals surface area (Å²) in [6.45, 7) is 4.56. The van der Waals surface area contributed by atoms with Crippen LogP contribution >= 0.6 is 0 Å². The molecule has 1 aromatic heterocycles. The SMILES string of the molecule is Cc1[nH]c(C2CCOCC2)nc1CCCN. The van der Waals surface area contributed by atoms with Crippen molar-refractivity contribution < 1.29 is 4.74 Å². The average molecular weight is 223 g/mol. The van der Waals surface area contributed by atoms with Gasteiger partial charge in [0.05, 0.1) is 5.69 Å². The Bertz CT molecular complexity index is 329. The smallest absolute Gasteiger partial charge is 0.109 e. The Morgan fingerprint density at radius 2 is 2.19 bits per heavy atom. The monoisotopic (exact) mass is 223 g/mol. The molecule has 3 N–H and O–H groups in total. The lowest BCUT2D eigenvalue weighted by Gasteiger charge is -2.19. The quantitative estimate of drug-likeness (QED) is 0.813. The Kier molecular flexibility index (Phi) is 3.96. The normalized spacial score (nSPS) is 17.9. The van der Waals surface area contributed by atoms with Crippen molar-refractivity contribution in [3.8, 4) is 0 Å². The van der Waals surface area contributed by atoms with Gasteiger partial charge in [0.1, 0.15) is 5.82 Å². The fraction of sp³-hybridized carbons (Fsp3) is 0.750. The molecule has 0 spiro atoms. The predicted octanol–water partition coefficient (Wildman–Crippen LogP) is 1.50. The van der Waals surface area contributed by atoms with Crippen LogP contribution in [0.5, 0.6) is 0 Å². The summed E-state index contributed by atoms with van der Waals surface area (Å²) in [6, 6.07) is 0. The molecule has 1 aromatic rings. The number of hydrogen-bond donors (Lipinski definition) is 2. The Balaban J connectivity index is 2.03. The highest BCUT2D eigenvalue weighted by Gasteiger charge is 2.19. The third kappa shape index (κ3) is 2.62. The summed E-state index contributed by atoms with van der Waals surface area (Å²) in [5.41, 5.74) is 7.91. The molecule has 0 atom stereocenters. The van der Waals surface area contributed by atoms with Gasteiger partial charge in [-0.05, 0) is 39.2 Å². The number of ether oxygens (including phenoxy) is 1. The van der Waals surface area contributed by atoms with E-state index in [0.717, 1.165) is 51.3 Å². The van der Waals surface area contributed by atoms with Crippen LogP contribution < -0.4 is 5.73 Å². The number of nitrogens with two attached hydrogens (primary N) is 1. The molecule has 0 radical (unpaired) electrons. The Labute approximate surface area is 96.6 Å². The van der Waals surface area contributed by atoms with E-state index in [4.69, 9.17) is 15.5 Å². The van der Waals surface area contributed by atoms with Crippen LogP contribution in [-0.2, 0) is 11.2 Å². The van der Waals surface area contributed by atoms with E-state index in [2.05, 4.69) is 11.9 Å². The van der Waals surface area contributed by atoms with Crippen molar-refractivity contribution in [2.45, 2.75) is 38.5 Å². The van der Waals surface area contributed by atoms with Crippen molar-refractivity contribution in [3.05, 3.63) is 17.2 Å². The number of H-pyrrole nitrogens is 1. The van der Waals surface area contributed by atoms with Gasteiger partial charge in [-0.25, -0.2) is 4.98 Å². The standard InChI is InChI=1S/C12H21N3O/c1-9-11(3-2-6-13)15-12(14-9)10-4-7-16-8-5-10/h10H,2-8,13H2,1H3,(H,14,15). The first-order chi connectivity index (χ1) is 7.81. The van der Waals surface area contributed by atoms with Crippen LogP contribution in [0.4, 0.5) is 0 Å². The molecular weight excluding hydrogens is 202 g/mol. The molecule has 0 aliphatic carbocycles. The molecule has 0 saturated carbocycles. The van der Waals surface area contributed by atoms with Gasteiger partial charge in [0.2, 0.25) is 0 Å². The first kappa shape index (κ1) is 11.6. The van der Waals surface area contributed by atoms with Crippen molar-refractivity contribution in [1.29, 1.82) is 0 Å². The maximum atomic E-state index is 5.52. The Morgan fingerprint density at radius 3 is 2.88 bits per heavy atom. The molecule has 2 rings (SSSR count). The van der Waals surface area contributed by atoms with E-state index in [-0.39, 0.29) is 0 Å². The van der Waals surface area contributed by atoms with Gasteiger partial charge in [0, 0.05) is 24.8 Å². The maximum Gasteiger partial charge on any atom is 0.109 e. The highest BCUT2D eigenvalue weighted by atomic mass is 16.5. The fourth-order valence-corrected chi connectivity index (χ4v) is 2.20. The molecule has 0 aromatic carbocycles. The summed E-state index contributed by atoms with van der Waals surface area (Å²) in [6.07, 6.45) is 4.17. The number of rotatable bonds is 4. The number of aryl methyl sites for hydroxylation is 2. The van der Waals surface area contributed by atoms with Gasteiger partial charge in [-0.3, -0.25) is 0 Å². The number of nitrogens with one attached hydrogen (secondary N) is 1. The van der Waals surface area contributed by atoms with Gasteiger partial charge >= 0.3 is 0 Å². The van der Waals surface area contributed by atoms with E-state index in [1.54, 1.807) is 0 Å². The van der Waals surface area contributed by atoms with E-state index in [1.165, 1.54) is 11.4 Å². The zero-order chi connectivity index (χ0) is 11.4. The third-order valence-corrected chi connectivity index (χ3v) is 3.23. The second kappa shape index (κ2) is 5.46. The van der Waals surface area contributed by atoms with E-state index < -0.39 is 0 Å². The summed E-state index contributed by atoms with van der Waals surface area (Å²) in [5, 5.41) is 0. The van der Waals surface area contributed by atoms with Gasteiger partial charge in [0.15, 0.2) is 0 Å². The van der Waals surface area contributed by atoms with Crippen LogP contribution in [0.2, 0.25) is 0 Å². The number of aromatic amines is 1. The third-order valence-electron chi connectivity index (χ3n) is 3.23. The molecule has 1 aliphatic rings. The van der Waals surface area contributed by atoms with Crippen molar-refractivity contribution >= 4 is 0 Å². The van der Waals surface area contributed by atoms with Crippen LogP contribution in [-0.4, -0.2) is 29.7 Å². The minimum Gasteiger partial charge on any atom is -0.381 e. The molecule has 0 unspecified atom stereocenters. The number of nitrogens with zero attached hydrogens (tertiary/aromatic N) is 1. The van der Waals surface area contributed by atoms with Gasteiger partial charge in [-0.1, -0.05) is 0 Å². The second-order valence-corrected chi connectivity index (χ2v) is 4.47. The average Bonchev–Trinajstić information content (AvgIpc) is 2.69. The summed E-state index contributed by atoms with van der Waals surface area (Å²) in [7, 11) is 0. The van der Waals surface area contributed by atoms with Crippen LogP contribution in [0, 0.1) is 6.92 Å². The van der Waals surface area contributed by atoms with E-state index in [1.807, 2.05) is 0 Å². The molecule has 16 heavy (non-hydrogen) atoms. The highest BCUT2D eigenvalue weighted by molar-refractivity contribution is 5.15. The molecular formula is C12H21N3O. The molecule has 0 bridgehead atoms. The lowest BCUT2D eigenvalue weighted by molar-refractivity contribution is 0.0837. The molecule has 90 valence electrons. The summed E-state index contributed by atoms with van der Waals surface area (Å²) < 4.78 is 5.36. The largest absolute Gasteiger partial charge is 0.381 e. The van der Waals surface area contributed by atoms with Crippen LogP contribution in [0.3, 0.4) is 0 Å². The lowest BCUT2D eigenvalue weighted by atomic mass is 10.00. The number of hydrogen-bond acceptors (Lipinski definition) is 3. The minimum absolute atomic E-state index is 0.555. The molecule has 4 nitrogen and oxygen atoms in total. The van der Waals surface area contributed by atoms with E-state index in [0.29, 0.717) is 5.92 Å². The first-order valence-corrected chi connectivity index (χ1v) is 6.14. The zero-order valence-electron chi connectivity index (χ0n) is 9.96.